The highest BCUT2D eigenvalue weighted by Gasteiger charge is 2.32. The average molecular weight is 533 g/mol. The Morgan fingerprint density at radius 2 is 1.28 bits per heavy atom. The van der Waals surface area contributed by atoms with Crippen LogP contribution in [-0.4, -0.2) is 18.2 Å². The lowest BCUT2D eigenvalue weighted by Crippen LogP contribution is -2.32. The number of Topliss-reactive ketones (excluding diaryl/α,β-unsaturated/α-hetero) is 2. The predicted molar refractivity (Wildman–Crippen MR) is 163 cm³/mol. The lowest BCUT2D eigenvalue weighted by atomic mass is 9.76. The van der Waals surface area contributed by atoms with Gasteiger partial charge in [-0.2, -0.15) is 0 Å². The predicted octanol–water partition coefficient (Wildman–Crippen LogP) is 9.94. The number of rotatable bonds is 19. The van der Waals surface area contributed by atoms with Crippen molar-refractivity contribution in [2.45, 2.75) is 123 Å². The van der Waals surface area contributed by atoms with Crippen molar-refractivity contribution in [3.8, 4) is 16.9 Å². The fourth-order valence-electron chi connectivity index (χ4n) is 5.85. The third-order valence-corrected chi connectivity index (χ3v) is 8.38. The summed E-state index contributed by atoms with van der Waals surface area (Å²) in [6.45, 7) is 5.26. The van der Waals surface area contributed by atoms with Crippen LogP contribution in [0.15, 0.2) is 48.5 Å². The largest absolute Gasteiger partial charge is 0.494 e. The Kier molecular flexibility index (Phi) is 14.4. The summed E-state index contributed by atoms with van der Waals surface area (Å²) in [4.78, 5) is 25.7. The van der Waals surface area contributed by atoms with Crippen LogP contribution >= 0.6 is 0 Å². The molecule has 1 fully saturated rings. The molecule has 39 heavy (non-hydrogen) atoms. The quantitative estimate of drug-likeness (QED) is 0.133. The molecule has 214 valence electrons. The lowest BCUT2D eigenvalue weighted by Gasteiger charge is -2.26. The molecule has 0 saturated heterocycles. The zero-order chi connectivity index (χ0) is 27.7. The van der Waals surface area contributed by atoms with Crippen molar-refractivity contribution < 1.29 is 14.3 Å². The number of hydrogen-bond donors (Lipinski definition) is 0. The van der Waals surface area contributed by atoms with E-state index in [0.717, 1.165) is 54.7 Å². The molecule has 0 aromatic heterocycles. The van der Waals surface area contributed by atoms with Gasteiger partial charge in [0.05, 0.1) is 12.5 Å². The minimum Gasteiger partial charge on any atom is -0.494 e. The van der Waals surface area contributed by atoms with Crippen LogP contribution in [-0.2, 0) is 16.0 Å². The number of benzene rings is 2. The third-order valence-electron chi connectivity index (χ3n) is 8.38. The molecule has 3 heteroatoms. The number of hydrogen-bond acceptors (Lipinski definition) is 3. The molecule has 2 unspecified atom stereocenters. The molecule has 1 aliphatic rings. The van der Waals surface area contributed by atoms with Gasteiger partial charge in [0.15, 0.2) is 0 Å². The molecule has 0 amide bonds. The highest BCUT2D eigenvalue weighted by molar-refractivity contribution is 6.03. The first-order valence-corrected chi connectivity index (χ1v) is 16.0. The highest BCUT2D eigenvalue weighted by Crippen LogP contribution is 2.31. The molecular formula is C36H52O3. The number of ether oxygens (including phenoxy) is 1. The highest BCUT2D eigenvalue weighted by atomic mass is 16.5. The molecule has 3 rings (SSSR count). The first-order chi connectivity index (χ1) is 19.1. The molecule has 0 heterocycles. The SMILES string of the molecule is CCCCCCCCCOc1ccc(-c2ccc(CC(=O)C3CCC(CCCCCCC)CC3=O)cc2)cc1. The summed E-state index contributed by atoms with van der Waals surface area (Å²) in [6, 6.07) is 16.5. The van der Waals surface area contributed by atoms with Crippen LogP contribution in [0, 0.1) is 11.8 Å². The molecule has 0 aliphatic heterocycles. The van der Waals surface area contributed by atoms with E-state index in [1.54, 1.807) is 0 Å². The van der Waals surface area contributed by atoms with Crippen molar-refractivity contribution in [2.75, 3.05) is 6.61 Å². The van der Waals surface area contributed by atoms with Gasteiger partial charge in [-0.1, -0.05) is 127 Å². The van der Waals surface area contributed by atoms with Gasteiger partial charge in [0.1, 0.15) is 17.3 Å². The Morgan fingerprint density at radius 3 is 1.90 bits per heavy atom. The molecule has 3 nitrogen and oxygen atoms in total. The van der Waals surface area contributed by atoms with Gasteiger partial charge >= 0.3 is 0 Å². The van der Waals surface area contributed by atoms with Crippen LogP contribution in [0.3, 0.4) is 0 Å². The van der Waals surface area contributed by atoms with Crippen molar-refractivity contribution in [2.24, 2.45) is 11.8 Å². The van der Waals surface area contributed by atoms with Crippen molar-refractivity contribution in [3.05, 3.63) is 54.1 Å². The monoisotopic (exact) mass is 532 g/mol. The molecular weight excluding hydrogens is 480 g/mol. The maximum Gasteiger partial charge on any atom is 0.147 e. The molecule has 1 aliphatic carbocycles. The van der Waals surface area contributed by atoms with Gasteiger partial charge in [-0.15, -0.1) is 0 Å². The molecule has 0 spiro atoms. The first-order valence-electron chi connectivity index (χ1n) is 16.0. The number of ketones is 2. The zero-order valence-corrected chi connectivity index (χ0v) is 24.7. The van der Waals surface area contributed by atoms with Crippen LogP contribution < -0.4 is 4.74 Å². The van der Waals surface area contributed by atoms with Gasteiger partial charge in [0.2, 0.25) is 0 Å². The van der Waals surface area contributed by atoms with Crippen LogP contribution in [0.2, 0.25) is 0 Å². The summed E-state index contributed by atoms with van der Waals surface area (Å²) in [5, 5.41) is 0. The molecule has 0 N–H and O–H groups in total. The Balaban J connectivity index is 1.38. The molecule has 0 bridgehead atoms. The van der Waals surface area contributed by atoms with E-state index in [2.05, 4.69) is 38.1 Å². The van der Waals surface area contributed by atoms with Crippen molar-refractivity contribution in [3.63, 3.8) is 0 Å². The Morgan fingerprint density at radius 1 is 0.718 bits per heavy atom. The number of carbonyl (C=O) groups is 2. The van der Waals surface area contributed by atoms with Gasteiger partial charge in [0, 0.05) is 12.8 Å². The van der Waals surface area contributed by atoms with E-state index < -0.39 is 5.92 Å². The van der Waals surface area contributed by atoms with Crippen LogP contribution in [0.1, 0.15) is 122 Å². The van der Waals surface area contributed by atoms with Crippen LogP contribution in [0.25, 0.3) is 11.1 Å². The summed E-state index contributed by atoms with van der Waals surface area (Å²) in [7, 11) is 0. The Hall–Kier alpha value is -2.42. The Labute approximate surface area is 238 Å². The smallest absolute Gasteiger partial charge is 0.147 e. The topological polar surface area (TPSA) is 43.4 Å². The maximum absolute atomic E-state index is 13.0. The number of carbonyl (C=O) groups excluding carboxylic acids is 2. The van der Waals surface area contributed by atoms with E-state index >= 15 is 0 Å². The van der Waals surface area contributed by atoms with E-state index in [0.29, 0.717) is 18.8 Å². The second-order valence-electron chi connectivity index (χ2n) is 11.7. The lowest BCUT2D eigenvalue weighted by molar-refractivity contribution is -0.135. The van der Waals surface area contributed by atoms with E-state index in [9.17, 15) is 9.59 Å². The molecule has 1 saturated carbocycles. The fraction of sp³-hybridized carbons (Fsp3) is 0.611. The Bertz CT molecular complexity index is 960. The van der Waals surface area contributed by atoms with E-state index in [4.69, 9.17) is 4.74 Å². The molecule has 2 aromatic carbocycles. The summed E-state index contributed by atoms with van der Waals surface area (Å²) < 4.78 is 5.93. The van der Waals surface area contributed by atoms with Crippen molar-refractivity contribution in [1.82, 2.24) is 0 Å². The standard InChI is InChI=1S/C36H52O3/c1-3-5-7-9-10-12-14-26-39-33-23-21-32(22-24-33)31-19-16-30(17-20-31)28-36(38)34-25-18-29(27-35(34)37)15-13-11-8-6-4-2/h16-17,19-24,29,34H,3-15,18,25-28H2,1-2H3. The fourth-order valence-corrected chi connectivity index (χ4v) is 5.85. The second-order valence-corrected chi connectivity index (χ2v) is 11.7. The average Bonchev–Trinajstić information content (AvgIpc) is 2.95. The summed E-state index contributed by atoms with van der Waals surface area (Å²) in [5.74, 6) is 1.28. The van der Waals surface area contributed by atoms with Gasteiger partial charge in [-0.25, -0.2) is 0 Å². The van der Waals surface area contributed by atoms with E-state index in [1.165, 1.54) is 70.6 Å². The van der Waals surface area contributed by atoms with E-state index in [1.807, 2.05) is 24.3 Å². The number of unbranched alkanes of at least 4 members (excludes halogenated alkanes) is 10. The third kappa shape index (κ3) is 11.3. The van der Waals surface area contributed by atoms with Crippen LogP contribution in [0.5, 0.6) is 5.75 Å². The normalized spacial score (nSPS) is 17.3. The second kappa shape index (κ2) is 18.0. The van der Waals surface area contributed by atoms with Gasteiger partial charge in [-0.05, 0) is 54.0 Å². The first kappa shape index (κ1) is 31.1. The minimum absolute atomic E-state index is 0.0941. The molecule has 2 aromatic rings. The molecule has 2 atom stereocenters. The van der Waals surface area contributed by atoms with Gasteiger partial charge in [-0.3, -0.25) is 9.59 Å². The maximum atomic E-state index is 13.0. The summed E-state index contributed by atoms with van der Waals surface area (Å²) in [5.41, 5.74) is 3.25. The van der Waals surface area contributed by atoms with Crippen molar-refractivity contribution in [1.29, 1.82) is 0 Å². The minimum atomic E-state index is -0.394. The summed E-state index contributed by atoms with van der Waals surface area (Å²) in [6.07, 6.45) is 19.2. The van der Waals surface area contributed by atoms with Crippen molar-refractivity contribution >= 4 is 11.6 Å². The summed E-state index contributed by atoms with van der Waals surface area (Å²) >= 11 is 0. The van der Waals surface area contributed by atoms with Gasteiger partial charge < -0.3 is 4.74 Å². The zero-order valence-electron chi connectivity index (χ0n) is 24.7. The van der Waals surface area contributed by atoms with Gasteiger partial charge in [0.25, 0.3) is 0 Å². The van der Waals surface area contributed by atoms with E-state index in [-0.39, 0.29) is 11.6 Å². The molecule has 0 radical (unpaired) electrons. The van der Waals surface area contributed by atoms with Crippen LogP contribution in [0.4, 0.5) is 0 Å².